The maximum atomic E-state index is 11.4. The molecule has 0 aliphatic carbocycles. The van der Waals surface area contributed by atoms with Gasteiger partial charge in [-0.15, -0.1) is 0 Å². The lowest BCUT2D eigenvalue weighted by atomic mass is 10.0. The van der Waals surface area contributed by atoms with E-state index in [1.54, 1.807) is 0 Å². The third-order valence-corrected chi connectivity index (χ3v) is 2.64. The van der Waals surface area contributed by atoms with Crippen LogP contribution in [-0.2, 0) is 4.79 Å². The maximum absolute atomic E-state index is 11.4. The van der Waals surface area contributed by atoms with Crippen molar-refractivity contribution in [2.24, 2.45) is 5.73 Å². The highest BCUT2D eigenvalue weighted by molar-refractivity contribution is 5.76. The highest BCUT2D eigenvalue weighted by Gasteiger charge is 2.10. The minimum absolute atomic E-state index is 0.00924. The Labute approximate surface area is 97.0 Å². The van der Waals surface area contributed by atoms with Gasteiger partial charge in [0.2, 0.25) is 5.91 Å². The second-order valence-corrected chi connectivity index (χ2v) is 4.19. The number of aryl methyl sites for hydroxylation is 2. The van der Waals surface area contributed by atoms with Crippen molar-refractivity contribution in [3.8, 4) is 0 Å². The summed E-state index contributed by atoms with van der Waals surface area (Å²) < 4.78 is 0. The molecule has 0 saturated heterocycles. The standard InChI is InChI=1S/C13H20N2O/c1-9-4-5-12(10(2)8-9)11(3)15-13(16)6-7-14/h4-5,8,11H,6-7,14H2,1-3H3,(H,15,16). The minimum Gasteiger partial charge on any atom is -0.350 e. The van der Waals surface area contributed by atoms with Gasteiger partial charge in [0.05, 0.1) is 6.04 Å². The number of nitrogens with one attached hydrogen (secondary N) is 1. The van der Waals surface area contributed by atoms with Gasteiger partial charge in [-0.3, -0.25) is 4.79 Å². The van der Waals surface area contributed by atoms with Crippen molar-refractivity contribution in [2.45, 2.75) is 33.2 Å². The summed E-state index contributed by atoms with van der Waals surface area (Å²) in [6.07, 6.45) is 0.384. The topological polar surface area (TPSA) is 55.1 Å². The van der Waals surface area contributed by atoms with Crippen molar-refractivity contribution < 1.29 is 4.79 Å². The largest absolute Gasteiger partial charge is 0.350 e. The number of hydrogen-bond acceptors (Lipinski definition) is 2. The zero-order valence-electron chi connectivity index (χ0n) is 10.2. The van der Waals surface area contributed by atoms with E-state index in [0.717, 1.165) is 5.56 Å². The Morgan fingerprint density at radius 1 is 1.44 bits per heavy atom. The van der Waals surface area contributed by atoms with E-state index in [0.29, 0.717) is 13.0 Å². The summed E-state index contributed by atoms with van der Waals surface area (Å²) >= 11 is 0. The zero-order valence-corrected chi connectivity index (χ0v) is 10.2. The van der Waals surface area contributed by atoms with E-state index in [-0.39, 0.29) is 11.9 Å². The fourth-order valence-corrected chi connectivity index (χ4v) is 1.83. The van der Waals surface area contributed by atoms with Crippen molar-refractivity contribution in [1.29, 1.82) is 0 Å². The first-order valence-corrected chi connectivity index (χ1v) is 5.61. The lowest BCUT2D eigenvalue weighted by Crippen LogP contribution is -2.28. The predicted molar refractivity (Wildman–Crippen MR) is 66.1 cm³/mol. The van der Waals surface area contributed by atoms with E-state index in [1.165, 1.54) is 11.1 Å². The first-order valence-electron chi connectivity index (χ1n) is 5.61. The third-order valence-electron chi connectivity index (χ3n) is 2.64. The molecule has 0 spiro atoms. The molecule has 1 aromatic rings. The van der Waals surface area contributed by atoms with Gasteiger partial charge in [-0.05, 0) is 31.9 Å². The van der Waals surface area contributed by atoms with Crippen molar-refractivity contribution in [2.75, 3.05) is 6.54 Å². The van der Waals surface area contributed by atoms with Gasteiger partial charge in [-0.1, -0.05) is 23.8 Å². The third kappa shape index (κ3) is 3.35. The predicted octanol–water partition coefficient (Wildman–Crippen LogP) is 1.83. The molecular weight excluding hydrogens is 200 g/mol. The SMILES string of the molecule is Cc1ccc(C(C)NC(=O)CCN)c(C)c1. The maximum Gasteiger partial charge on any atom is 0.221 e. The van der Waals surface area contributed by atoms with E-state index in [9.17, 15) is 4.79 Å². The summed E-state index contributed by atoms with van der Waals surface area (Å²) in [7, 11) is 0. The number of nitrogens with two attached hydrogens (primary N) is 1. The lowest BCUT2D eigenvalue weighted by molar-refractivity contribution is -0.121. The van der Waals surface area contributed by atoms with E-state index < -0.39 is 0 Å². The minimum atomic E-state index is 0.00924. The number of carbonyl (C=O) groups is 1. The number of carbonyl (C=O) groups excluding carboxylic acids is 1. The molecule has 3 N–H and O–H groups in total. The van der Waals surface area contributed by atoms with Crippen molar-refractivity contribution in [3.05, 3.63) is 34.9 Å². The van der Waals surface area contributed by atoms with Crippen LogP contribution in [-0.4, -0.2) is 12.5 Å². The molecule has 0 aromatic heterocycles. The molecule has 1 unspecified atom stereocenters. The number of hydrogen-bond donors (Lipinski definition) is 2. The van der Waals surface area contributed by atoms with Crippen molar-refractivity contribution in [1.82, 2.24) is 5.32 Å². The molecular formula is C13H20N2O. The molecule has 1 amide bonds. The van der Waals surface area contributed by atoms with Gasteiger partial charge in [0.15, 0.2) is 0 Å². The molecule has 0 bridgehead atoms. The molecule has 0 radical (unpaired) electrons. The van der Waals surface area contributed by atoms with Crippen LogP contribution in [0.3, 0.4) is 0 Å². The molecule has 1 rings (SSSR count). The summed E-state index contributed by atoms with van der Waals surface area (Å²) in [6.45, 7) is 6.51. The fourth-order valence-electron chi connectivity index (χ4n) is 1.83. The van der Waals surface area contributed by atoms with E-state index in [1.807, 2.05) is 6.92 Å². The summed E-state index contributed by atoms with van der Waals surface area (Å²) in [4.78, 5) is 11.4. The monoisotopic (exact) mass is 220 g/mol. The normalized spacial score (nSPS) is 12.2. The Morgan fingerprint density at radius 2 is 2.12 bits per heavy atom. The average Bonchev–Trinajstić information content (AvgIpc) is 2.17. The van der Waals surface area contributed by atoms with Gasteiger partial charge in [0.1, 0.15) is 0 Å². The average molecular weight is 220 g/mol. The lowest BCUT2D eigenvalue weighted by Gasteiger charge is -2.16. The Balaban J connectivity index is 2.72. The van der Waals surface area contributed by atoms with Gasteiger partial charge in [0, 0.05) is 13.0 Å². The van der Waals surface area contributed by atoms with Crippen LogP contribution >= 0.6 is 0 Å². The van der Waals surface area contributed by atoms with E-state index in [2.05, 4.69) is 37.4 Å². The van der Waals surface area contributed by atoms with Crippen molar-refractivity contribution in [3.63, 3.8) is 0 Å². The summed E-state index contributed by atoms with van der Waals surface area (Å²) in [6, 6.07) is 6.30. The molecule has 1 aromatic carbocycles. The van der Waals surface area contributed by atoms with Gasteiger partial charge in [0.25, 0.3) is 0 Å². The quantitative estimate of drug-likeness (QED) is 0.813. The Morgan fingerprint density at radius 3 is 2.69 bits per heavy atom. The summed E-state index contributed by atoms with van der Waals surface area (Å²) in [5.41, 5.74) is 8.94. The molecule has 16 heavy (non-hydrogen) atoms. The number of benzene rings is 1. The Bertz CT molecular complexity index is 374. The van der Waals surface area contributed by atoms with E-state index in [4.69, 9.17) is 5.73 Å². The molecule has 1 atom stereocenters. The van der Waals surface area contributed by atoms with Crippen LogP contribution in [0.25, 0.3) is 0 Å². The second-order valence-electron chi connectivity index (χ2n) is 4.19. The van der Waals surface area contributed by atoms with Gasteiger partial charge < -0.3 is 11.1 Å². The van der Waals surface area contributed by atoms with Crippen molar-refractivity contribution >= 4 is 5.91 Å². The van der Waals surface area contributed by atoms with E-state index >= 15 is 0 Å². The number of rotatable bonds is 4. The van der Waals surface area contributed by atoms with Crippen LogP contribution in [0.1, 0.15) is 36.1 Å². The molecule has 0 heterocycles. The van der Waals surface area contributed by atoms with Gasteiger partial charge in [-0.2, -0.15) is 0 Å². The number of amides is 1. The summed E-state index contributed by atoms with van der Waals surface area (Å²) in [5, 5.41) is 2.94. The second kappa shape index (κ2) is 5.66. The van der Waals surface area contributed by atoms with Crippen LogP contribution in [0, 0.1) is 13.8 Å². The van der Waals surface area contributed by atoms with Crippen LogP contribution < -0.4 is 11.1 Å². The van der Waals surface area contributed by atoms with Crippen LogP contribution in [0.5, 0.6) is 0 Å². The molecule has 0 aliphatic rings. The summed E-state index contributed by atoms with van der Waals surface area (Å²) in [5.74, 6) is 0.00924. The van der Waals surface area contributed by atoms with Gasteiger partial charge >= 0.3 is 0 Å². The first-order chi connectivity index (χ1) is 7.54. The molecule has 0 saturated carbocycles. The van der Waals surface area contributed by atoms with Crippen LogP contribution in [0.4, 0.5) is 0 Å². The zero-order chi connectivity index (χ0) is 12.1. The fraction of sp³-hybridized carbons (Fsp3) is 0.462. The molecule has 0 aliphatic heterocycles. The molecule has 0 fully saturated rings. The molecule has 88 valence electrons. The smallest absolute Gasteiger partial charge is 0.221 e. The molecule has 3 nitrogen and oxygen atoms in total. The Hall–Kier alpha value is -1.35. The highest BCUT2D eigenvalue weighted by atomic mass is 16.1. The van der Waals surface area contributed by atoms with Crippen LogP contribution in [0.15, 0.2) is 18.2 Å². The highest BCUT2D eigenvalue weighted by Crippen LogP contribution is 2.18. The van der Waals surface area contributed by atoms with Gasteiger partial charge in [-0.25, -0.2) is 0 Å². The Kier molecular flexibility index (Phi) is 4.50. The molecule has 3 heteroatoms. The first kappa shape index (κ1) is 12.7. The van der Waals surface area contributed by atoms with Crippen LogP contribution in [0.2, 0.25) is 0 Å².